The van der Waals surface area contributed by atoms with Crippen molar-refractivity contribution in [3.63, 3.8) is 0 Å². The molecule has 428 valence electrons. The maximum absolute atomic E-state index is 12.5. The molecule has 2 aliphatic carbocycles. The summed E-state index contributed by atoms with van der Waals surface area (Å²) in [7, 11) is -2.51. The van der Waals surface area contributed by atoms with Crippen molar-refractivity contribution in [1.82, 2.24) is 39.2 Å². The van der Waals surface area contributed by atoms with E-state index < -0.39 is 27.3 Å². The molecular formula is C62H80N10O7Si2. The van der Waals surface area contributed by atoms with E-state index in [1.165, 1.54) is 11.4 Å². The molecule has 81 heavy (non-hydrogen) atoms. The van der Waals surface area contributed by atoms with E-state index in [1.807, 2.05) is 83.6 Å². The Morgan fingerprint density at radius 2 is 1.09 bits per heavy atom. The van der Waals surface area contributed by atoms with Gasteiger partial charge in [0.25, 0.3) is 0 Å². The molecule has 17 nitrogen and oxygen atoms in total. The Bertz CT molecular complexity index is 3350. The van der Waals surface area contributed by atoms with E-state index in [-0.39, 0.29) is 36.7 Å². The average Bonchev–Trinajstić information content (AvgIpc) is 4.15. The molecule has 0 atom stereocenters. The van der Waals surface area contributed by atoms with Crippen molar-refractivity contribution < 1.29 is 34.7 Å². The molecule has 0 bridgehead atoms. The second-order valence-corrected chi connectivity index (χ2v) is 35.8. The fraction of sp³-hybridized carbons (Fsp3) is 0.435. The summed E-state index contributed by atoms with van der Waals surface area (Å²) in [4.78, 5) is 34.2. The van der Waals surface area contributed by atoms with Crippen LogP contribution in [0.1, 0.15) is 91.9 Å². The monoisotopic (exact) mass is 1130 g/mol. The number of aliphatic hydroxyl groups excluding tert-OH is 2. The summed E-state index contributed by atoms with van der Waals surface area (Å²) < 4.78 is 16.0. The number of hydrogen-bond donors (Lipinski definition) is 5. The summed E-state index contributed by atoms with van der Waals surface area (Å²) in [6.45, 7) is 17.3. The van der Waals surface area contributed by atoms with Gasteiger partial charge >= 0.3 is 0 Å². The highest BCUT2D eigenvalue weighted by atomic mass is 28.3. The number of nitrogen functional groups attached to an aromatic ring is 1. The first-order valence-electron chi connectivity index (χ1n) is 28.4. The smallest absolute Gasteiger partial charge is 0.165 e. The van der Waals surface area contributed by atoms with Crippen molar-refractivity contribution in [3.8, 4) is 44.8 Å². The minimum atomic E-state index is -1.25. The molecule has 2 aromatic carbocycles. The lowest BCUT2D eigenvalue weighted by atomic mass is 9.77. The molecule has 19 heteroatoms. The van der Waals surface area contributed by atoms with Crippen LogP contribution in [-0.4, -0.2) is 133 Å². The van der Waals surface area contributed by atoms with Gasteiger partial charge in [0.1, 0.15) is 25.1 Å². The Hall–Kier alpha value is -6.56. The fourth-order valence-corrected chi connectivity index (χ4v) is 12.1. The number of fused-ring (bicyclic) bond motifs is 2. The number of hydrogen-bond acceptors (Lipinski definition) is 15. The van der Waals surface area contributed by atoms with Crippen LogP contribution in [0.2, 0.25) is 51.4 Å². The predicted molar refractivity (Wildman–Crippen MR) is 325 cm³/mol. The Morgan fingerprint density at radius 1 is 0.630 bits per heavy atom. The van der Waals surface area contributed by atoms with Crippen molar-refractivity contribution in [3.05, 3.63) is 133 Å². The number of carbonyl (C=O) groups excluding carboxylic acids is 1. The van der Waals surface area contributed by atoms with Crippen molar-refractivity contribution in [2.75, 3.05) is 50.5 Å². The fourth-order valence-electron chi connectivity index (χ4n) is 10.6. The van der Waals surface area contributed by atoms with E-state index in [0.717, 1.165) is 86.9 Å². The van der Waals surface area contributed by atoms with Crippen LogP contribution < -0.4 is 10.6 Å². The second kappa shape index (κ2) is 25.3. The van der Waals surface area contributed by atoms with E-state index >= 15 is 0 Å². The molecule has 0 unspecified atom stereocenters. The SMILES string of the molecule is CC(=O)c1c(C2CCC(O)(CO)CC2)nc2c(-c3ccc(-c4ccccc4)nc3)cnn2c1N.C[Si](C)(C)CCOCN(COCC[Si](C)(C)C)c1cc(C2CCC(O)(CO)CC2)nc2c(-c3ccc(-c4ccccc4)nc3)cnn12. The van der Waals surface area contributed by atoms with E-state index in [0.29, 0.717) is 82.1 Å². The lowest BCUT2D eigenvalue weighted by Gasteiger charge is -2.34. The third kappa shape index (κ3) is 14.4. The van der Waals surface area contributed by atoms with Crippen molar-refractivity contribution in [2.45, 2.75) is 133 Å². The van der Waals surface area contributed by atoms with E-state index in [2.05, 4.69) is 78.5 Å². The molecule has 2 fully saturated rings. The first kappa shape index (κ1) is 59.1. The number of ketones is 1. The summed E-state index contributed by atoms with van der Waals surface area (Å²) in [5, 5.41) is 49.8. The summed E-state index contributed by atoms with van der Waals surface area (Å²) in [5.41, 5.74) is 15.0. The van der Waals surface area contributed by atoms with Crippen LogP contribution in [0, 0.1) is 0 Å². The molecule has 6 N–H and O–H groups in total. The predicted octanol–water partition coefficient (Wildman–Crippen LogP) is 10.9. The number of aliphatic hydroxyl groups is 4. The maximum Gasteiger partial charge on any atom is 0.165 e. The summed E-state index contributed by atoms with van der Waals surface area (Å²) in [6.07, 6.45) is 11.9. The average molecular weight is 1130 g/mol. The van der Waals surface area contributed by atoms with Gasteiger partial charge in [0.2, 0.25) is 0 Å². The van der Waals surface area contributed by atoms with Gasteiger partial charge in [-0.05, 0) is 82.5 Å². The third-order valence-corrected chi connectivity index (χ3v) is 19.3. The number of carbonyl (C=O) groups is 1. The number of Topliss-reactive ketones (excluding diaryl/α,β-unsaturated/α-hetero) is 1. The Morgan fingerprint density at radius 3 is 1.52 bits per heavy atom. The van der Waals surface area contributed by atoms with Gasteiger partial charge in [0.15, 0.2) is 17.1 Å². The number of nitrogens with two attached hydrogens (primary N) is 1. The van der Waals surface area contributed by atoms with Gasteiger partial charge in [-0.3, -0.25) is 14.8 Å². The molecule has 0 radical (unpaired) electrons. The van der Waals surface area contributed by atoms with Gasteiger partial charge in [-0.1, -0.05) is 112 Å². The lowest BCUT2D eigenvalue weighted by molar-refractivity contribution is -0.0459. The molecule has 0 spiro atoms. The highest BCUT2D eigenvalue weighted by Gasteiger charge is 2.37. The summed E-state index contributed by atoms with van der Waals surface area (Å²) in [6, 6.07) is 32.5. The quantitative estimate of drug-likeness (QED) is 0.0207. The molecule has 2 saturated carbocycles. The van der Waals surface area contributed by atoms with Crippen LogP contribution in [0.5, 0.6) is 0 Å². The highest BCUT2D eigenvalue weighted by molar-refractivity contribution is 6.76. The highest BCUT2D eigenvalue weighted by Crippen LogP contribution is 2.42. The molecule has 6 aromatic heterocycles. The number of nitrogens with zero attached hydrogens (tertiary/aromatic N) is 9. The molecular weight excluding hydrogens is 1050 g/mol. The van der Waals surface area contributed by atoms with Gasteiger partial charge < -0.3 is 40.5 Å². The lowest BCUT2D eigenvalue weighted by Crippen LogP contribution is -2.37. The first-order valence-corrected chi connectivity index (χ1v) is 35.8. The topological polar surface area (TPSA) is 232 Å². The molecule has 10 rings (SSSR count). The molecule has 2 aliphatic rings. The summed E-state index contributed by atoms with van der Waals surface area (Å²) >= 11 is 0. The molecule has 8 aromatic rings. The number of anilines is 2. The molecule has 0 amide bonds. The van der Waals surface area contributed by atoms with Crippen LogP contribution in [-0.2, 0) is 9.47 Å². The van der Waals surface area contributed by atoms with Crippen LogP contribution in [0.3, 0.4) is 0 Å². The van der Waals surface area contributed by atoms with Gasteiger partial charge in [-0.2, -0.15) is 19.2 Å². The van der Waals surface area contributed by atoms with Crippen LogP contribution in [0.15, 0.2) is 116 Å². The Labute approximate surface area is 477 Å². The van der Waals surface area contributed by atoms with Gasteiger partial charge in [0, 0.05) is 98.7 Å². The Balaban J connectivity index is 0.000000205. The minimum Gasteiger partial charge on any atom is -0.393 e. The summed E-state index contributed by atoms with van der Waals surface area (Å²) in [5.74, 6) is 1.06. The van der Waals surface area contributed by atoms with E-state index in [1.54, 1.807) is 12.4 Å². The molecule has 6 heterocycles. The molecule has 0 saturated heterocycles. The van der Waals surface area contributed by atoms with Crippen molar-refractivity contribution >= 4 is 44.9 Å². The number of rotatable bonds is 20. The normalized spacial score (nSPS) is 19.6. The Kier molecular flexibility index (Phi) is 18.4. The van der Waals surface area contributed by atoms with Crippen LogP contribution in [0.4, 0.5) is 11.6 Å². The van der Waals surface area contributed by atoms with E-state index in [9.17, 15) is 25.2 Å². The number of pyridine rings is 2. The van der Waals surface area contributed by atoms with E-state index in [4.69, 9.17) is 35.3 Å². The zero-order chi connectivity index (χ0) is 57.5. The van der Waals surface area contributed by atoms with Crippen molar-refractivity contribution in [1.29, 1.82) is 0 Å². The number of benzene rings is 2. The minimum absolute atomic E-state index is 0.0423. The van der Waals surface area contributed by atoms with Gasteiger partial charge in [-0.25, -0.2) is 9.97 Å². The van der Waals surface area contributed by atoms with Crippen LogP contribution >= 0.6 is 0 Å². The molecule has 0 aliphatic heterocycles. The van der Waals surface area contributed by atoms with Gasteiger partial charge in [0.05, 0.1) is 59.5 Å². The standard InChI is InChI=1S/C36H53N5O4Si2.C26H27N5O3/c1-46(2,3)20-18-44-26-40(27-45-19-21-47(4,5)6)34-22-33(29-14-16-36(43,25-42)17-15-29)39-35-31(24-38-41(34)35)30-12-13-32(37-23-30)28-10-8-7-9-11-28;1-16(33)22-23(18-9-11-26(34,15-32)12-10-18)30-25-20(14-29-31(25)24(22)27)19-7-8-21(28-13-19)17-5-3-2-4-6-17/h7-13,22-24,29,42-43H,14-21,25-27H2,1-6H3;2-8,13-14,18,32,34H,9-12,15,27H2,1H3. The van der Waals surface area contributed by atoms with Gasteiger partial charge in [-0.15, -0.1) is 0 Å². The first-order chi connectivity index (χ1) is 38.7. The zero-order valence-corrected chi connectivity index (χ0v) is 50.1. The second-order valence-electron chi connectivity index (χ2n) is 24.6. The number of ether oxygens (including phenoxy) is 2. The zero-order valence-electron chi connectivity index (χ0n) is 48.1. The maximum atomic E-state index is 12.5. The third-order valence-electron chi connectivity index (χ3n) is 15.9. The largest absolute Gasteiger partial charge is 0.393 e. The van der Waals surface area contributed by atoms with Crippen molar-refractivity contribution in [2.24, 2.45) is 0 Å². The van der Waals surface area contributed by atoms with Crippen LogP contribution in [0.25, 0.3) is 56.1 Å². The number of aromatic nitrogens is 8.